The number of aliphatic hydroxyl groups is 1. The van der Waals surface area contributed by atoms with Crippen molar-refractivity contribution in [2.75, 3.05) is 13.1 Å². The van der Waals surface area contributed by atoms with E-state index >= 15 is 0 Å². The third-order valence-electron chi connectivity index (χ3n) is 3.98. The van der Waals surface area contributed by atoms with E-state index in [-0.39, 0.29) is 17.7 Å². The summed E-state index contributed by atoms with van der Waals surface area (Å²) in [6, 6.07) is 8.33. The molecule has 0 saturated carbocycles. The van der Waals surface area contributed by atoms with Gasteiger partial charge < -0.3 is 15.3 Å². The molecule has 1 aliphatic heterocycles. The molecule has 21 heavy (non-hydrogen) atoms. The van der Waals surface area contributed by atoms with Crippen LogP contribution in [0.2, 0.25) is 0 Å². The van der Waals surface area contributed by atoms with E-state index < -0.39 is 12.1 Å². The third kappa shape index (κ3) is 3.61. The number of amides is 2. The number of nitrogens with one attached hydrogen (secondary N) is 1. The van der Waals surface area contributed by atoms with Gasteiger partial charge in [0.2, 0.25) is 5.91 Å². The Bertz CT molecular complexity index is 498. The number of hydrogen-bond acceptors (Lipinski definition) is 3. The highest BCUT2D eigenvalue weighted by Gasteiger charge is 2.36. The molecule has 1 saturated heterocycles. The van der Waals surface area contributed by atoms with Gasteiger partial charge in [0.25, 0.3) is 5.91 Å². The second-order valence-corrected chi connectivity index (χ2v) is 5.60. The molecule has 0 bridgehead atoms. The maximum atomic E-state index is 12.4. The second kappa shape index (κ2) is 6.72. The highest BCUT2D eigenvalue weighted by Crippen LogP contribution is 2.16. The zero-order chi connectivity index (χ0) is 15.4. The van der Waals surface area contributed by atoms with E-state index in [0.29, 0.717) is 18.7 Å². The van der Waals surface area contributed by atoms with E-state index in [0.717, 1.165) is 6.42 Å². The minimum absolute atomic E-state index is 0.0444. The number of benzene rings is 1. The van der Waals surface area contributed by atoms with Crippen LogP contribution in [0.4, 0.5) is 0 Å². The first-order valence-corrected chi connectivity index (χ1v) is 7.35. The lowest BCUT2D eigenvalue weighted by molar-refractivity contribution is -0.144. The monoisotopic (exact) mass is 290 g/mol. The number of carbonyl (C=O) groups is 2. The summed E-state index contributed by atoms with van der Waals surface area (Å²) in [5, 5.41) is 12.2. The Morgan fingerprint density at radius 3 is 2.48 bits per heavy atom. The molecule has 1 aromatic carbocycles. The number of hydrogen-bond donors (Lipinski definition) is 2. The van der Waals surface area contributed by atoms with Crippen LogP contribution >= 0.6 is 0 Å². The van der Waals surface area contributed by atoms with E-state index in [1.54, 1.807) is 29.2 Å². The summed E-state index contributed by atoms with van der Waals surface area (Å²) in [5.74, 6) is -0.308. The molecule has 0 aliphatic carbocycles. The van der Waals surface area contributed by atoms with Crippen molar-refractivity contribution in [2.24, 2.45) is 5.92 Å². The van der Waals surface area contributed by atoms with Crippen LogP contribution in [0.3, 0.4) is 0 Å². The molecule has 1 aromatic rings. The smallest absolute Gasteiger partial charge is 0.251 e. The fourth-order valence-corrected chi connectivity index (χ4v) is 2.33. The van der Waals surface area contributed by atoms with Crippen molar-refractivity contribution in [2.45, 2.75) is 32.4 Å². The predicted octanol–water partition coefficient (Wildman–Crippen LogP) is 1.03. The van der Waals surface area contributed by atoms with Crippen LogP contribution in [0.5, 0.6) is 0 Å². The van der Waals surface area contributed by atoms with Crippen LogP contribution in [-0.4, -0.2) is 47.1 Å². The van der Waals surface area contributed by atoms with Crippen molar-refractivity contribution in [3.8, 4) is 0 Å². The van der Waals surface area contributed by atoms with Crippen LogP contribution in [-0.2, 0) is 4.79 Å². The Labute approximate surface area is 125 Å². The lowest BCUT2D eigenvalue weighted by Crippen LogP contribution is -2.60. The molecule has 2 amide bonds. The Kier molecular flexibility index (Phi) is 4.96. The Morgan fingerprint density at radius 2 is 1.95 bits per heavy atom. The van der Waals surface area contributed by atoms with Crippen LogP contribution in [0, 0.1) is 5.92 Å². The zero-order valence-corrected chi connectivity index (χ0v) is 12.5. The molecule has 0 spiro atoms. The molecule has 1 fully saturated rings. The summed E-state index contributed by atoms with van der Waals surface area (Å²) in [6.07, 6.45) is 0.360. The largest absolute Gasteiger partial charge is 0.389 e. The summed E-state index contributed by atoms with van der Waals surface area (Å²) in [4.78, 5) is 26.3. The van der Waals surface area contributed by atoms with Crippen LogP contribution < -0.4 is 5.32 Å². The van der Waals surface area contributed by atoms with Crippen molar-refractivity contribution < 1.29 is 14.7 Å². The number of rotatable bonds is 5. The van der Waals surface area contributed by atoms with Gasteiger partial charge >= 0.3 is 0 Å². The number of likely N-dealkylation sites (tertiary alicyclic amines) is 1. The van der Waals surface area contributed by atoms with Crippen molar-refractivity contribution in [1.82, 2.24) is 10.2 Å². The quantitative estimate of drug-likeness (QED) is 0.851. The van der Waals surface area contributed by atoms with Crippen LogP contribution in [0.25, 0.3) is 0 Å². The molecule has 2 rings (SSSR count). The molecule has 2 N–H and O–H groups in total. The number of β-amino-alcohol motifs (C(OH)–C–C–N with tert-alkyl or cyclic N) is 1. The van der Waals surface area contributed by atoms with Gasteiger partial charge in [-0.05, 0) is 18.1 Å². The SMILES string of the molecule is CCC(C)C(NC(=O)c1ccccc1)C(=O)N1CC(O)C1. The van der Waals surface area contributed by atoms with Crippen molar-refractivity contribution in [3.05, 3.63) is 35.9 Å². The Hall–Kier alpha value is -1.88. The second-order valence-electron chi connectivity index (χ2n) is 5.60. The fourth-order valence-electron chi connectivity index (χ4n) is 2.33. The predicted molar refractivity (Wildman–Crippen MR) is 79.7 cm³/mol. The summed E-state index contributed by atoms with van der Waals surface area (Å²) < 4.78 is 0. The van der Waals surface area contributed by atoms with Gasteiger partial charge in [0.1, 0.15) is 6.04 Å². The molecule has 2 unspecified atom stereocenters. The van der Waals surface area contributed by atoms with Gasteiger partial charge in [0.15, 0.2) is 0 Å². The number of carbonyl (C=O) groups excluding carboxylic acids is 2. The van der Waals surface area contributed by atoms with E-state index in [9.17, 15) is 14.7 Å². The molecule has 0 radical (unpaired) electrons. The van der Waals surface area contributed by atoms with E-state index in [1.807, 2.05) is 19.9 Å². The summed E-state index contributed by atoms with van der Waals surface area (Å²) >= 11 is 0. The van der Waals surface area contributed by atoms with Gasteiger partial charge in [0.05, 0.1) is 6.10 Å². The number of nitrogens with zero attached hydrogens (tertiary/aromatic N) is 1. The van der Waals surface area contributed by atoms with E-state index in [2.05, 4.69) is 5.32 Å². The molecular weight excluding hydrogens is 268 g/mol. The molecular formula is C16H22N2O3. The molecule has 0 aromatic heterocycles. The van der Waals surface area contributed by atoms with Crippen molar-refractivity contribution in [3.63, 3.8) is 0 Å². The molecule has 1 heterocycles. The van der Waals surface area contributed by atoms with Gasteiger partial charge in [-0.15, -0.1) is 0 Å². The molecule has 1 aliphatic rings. The lowest BCUT2D eigenvalue weighted by atomic mass is 9.96. The maximum Gasteiger partial charge on any atom is 0.251 e. The first kappa shape index (κ1) is 15.5. The summed E-state index contributed by atoms with van der Waals surface area (Å²) in [7, 11) is 0. The first-order valence-electron chi connectivity index (χ1n) is 7.35. The number of aliphatic hydroxyl groups excluding tert-OH is 1. The highest BCUT2D eigenvalue weighted by molar-refractivity contribution is 5.97. The van der Waals surface area contributed by atoms with Crippen LogP contribution in [0.15, 0.2) is 30.3 Å². The minimum Gasteiger partial charge on any atom is -0.389 e. The maximum absolute atomic E-state index is 12.4. The molecule has 5 nitrogen and oxygen atoms in total. The van der Waals surface area contributed by atoms with Gasteiger partial charge in [-0.1, -0.05) is 38.5 Å². The molecule has 114 valence electrons. The van der Waals surface area contributed by atoms with Crippen LogP contribution in [0.1, 0.15) is 30.6 Å². The average molecular weight is 290 g/mol. The molecule has 5 heteroatoms. The highest BCUT2D eigenvalue weighted by atomic mass is 16.3. The van der Waals surface area contributed by atoms with Gasteiger partial charge in [-0.2, -0.15) is 0 Å². The summed E-state index contributed by atoms with van der Waals surface area (Å²) in [5.41, 5.74) is 0.544. The standard InChI is InChI=1S/C16H22N2O3/c1-3-11(2)14(16(21)18-9-13(19)10-18)17-15(20)12-7-5-4-6-8-12/h4-8,11,13-14,19H,3,9-10H2,1-2H3,(H,17,20). The average Bonchev–Trinajstić information content (AvgIpc) is 2.48. The Morgan fingerprint density at radius 1 is 1.33 bits per heavy atom. The summed E-state index contributed by atoms with van der Waals surface area (Å²) in [6.45, 7) is 4.65. The Balaban J connectivity index is 2.06. The van der Waals surface area contributed by atoms with Gasteiger partial charge in [-0.25, -0.2) is 0 Å². The van der Waals surface area contributed by atoms with Crippen molar-refractivity contribution in [1.29, 1.82) is 0 Å². The minimum atomic E-state index is -0.546. The normalized spacial score (nSPS) is 17.8. The zero-order valence-electron chi connectivity index (χ0n) is 12.5. The first-order chi connectivity index (χ1) is 10.0. The van der Waals surface area contributed by atoms with E-state index in [1.165, 1.54) is 0 Å². The van der Waals surface area contributed by atoms with Gasteiger partial charge in [-0.3, -0.25) is 9.59 Å². The lowest BCUT2D eigenvalue weighted by Gasteiger charge is -2.39. The van der Waals surface area contributed by atoms with Crippen molar-refractivity contribution >= 4 is 11.8 Å². The van der Waals surface area contributed by atoms with E-state index in [4.69, 9.17) is 0 Å². The van der Waals surface area contributed by atoms with Gasteiger partial charge in [0, 0.05) is 18.7 Å². The fraction of sp³-hybridized carbons (Fsp3) is 0.500. The third-order valence-corrected chi connectivity index (χ3v) is 3.98. The topological polar surface area (TPSA) is 69.6 Å². The molecule has 2 atom stereocenters.